The molecule has 0 amide bonds. The van der Waals surface area contributed by atoms with Crippen LogP contribution in [0.5, 0.6) is 0 Å². The maximum atomic E-state index is 11.8. The Morgan fingerprint density at radius 2 is 2.13 bits per heavy atom. The number of nitrogen functional groups attached to an aromatic ring is 1. The Kier molecular flexibility index (Phi) is 3.78. The van der Waals surface area contributed by atoms with Gasteiger partial charge in [0.25, 0.3) is 0 Å². The third kappa shape index (κ3) is 4.37. The molecule has 0 bridgehead atoms. The minimum Gasteiger partial charge on any atom is -0.396 e. The van der Waals surface area contributed by atoms with Crippen LogP contribution in [0.2, 0.25) is 0 Å². The van der Waals surface area contributed by atoms with Crippen molar-refractivity contribution in [3.63, 3.8) is 0 Å². The van der Waals surface area contributed by atoms with Gasteiger partial charge in [-0.15, -0.1) is 0 Å². The van der Waals surface area contributed by atoms with Crippen LogP contribution in [-0.2, 0) is 0 Å². The van der Waals surface area contributed by atoms with Crippen LogP contribution in [0.25, 0.3) is 0 Å². The van der Waals surface area contributed by atoms with Gasteiger partial charge in [-0.05, 0) is 22.0 Å². The van der Waals surface area contributed by atoms with Gasteiger partial charge in [-0.3, -0.25) is 0 Å². The largest absolute Gasteiger partial charge is 0.396 e. The Labute approximate surface area is 93.0 Å². The highest BCUT2D eigenvalue weighted by Crippen LogP contribution is 2.22. The molecule has 0 aliphatic rings. The number of alkyl halides is 3. The molecule has 0 radical (unpaired) electrons. The molecule has 1 rings (SSSR count). The molecule has 0 saturated carbocycles. The number of aromatic nitrogens is 1. The van der Waals surface area contributed by atoms with Gasteiger partial charge in [-0.25, -0.2) is 4.98 Å². The molecule has 1 aromatic rings. The van der Waals surface area contributed by atoms with Gasteiger partial charge in [0, 0.05) is 17.2 Å². The van der Waals surface area contributed by atoms with Crippen LogP contribution in [0.15, 0.2) is 16.7 Å². The predicted molar refractivity (Wildman–Crippen MR) is 55.5 cm³/mol. The zero-order chi connectivity index (χ0) is 11.5. The number of nitrogens with zero attached hydrogens (tertiary/aromatic N) is 1. The quantitative estimate of drug-likeness (QED) is 0.897. The average molecular weight is 284 g/mol. The van der Waals surface area contributed by atoms with Crippen LogP contribution in [0.1, 0.15) is 6.42 Å². The van der Waals surface area contributed by atoms with Crippen molar-refractivity contribution >= 4 is 27.4 Å². The van der Waals surface area contributed by atoms with Gasteiger partial charge in [-0.1, -0.05) is 0 Å². The lowest BCUT2D eigenvalue weighted by Crippen LogP contribution is -2.15. The lowest BCUT2D eigenvalue weighted by Gasteiger charge is -2.09. The Hall–Kier alpha value is -0.980. The molecule has 0 aliphatic heterocycles. The molecule has 0 unspecified atom stereocenters. The summed E-state index contributed by atoms with van der Waals surface area (Å²) >= 11 is 3.15. The van der Waals surface area contributed by atoms with Crippen molar-refractivity contribution in [3.8, 4) is 0 Å². The van der Waals surface area contributed by atoms with Crippen LogP contribution in [-0.4, -0.2) is 17.7 Å². The monoisotopic (exact) mass is 283 g/mol. The molecule has 3 N–H and O–H groups in total. The molecule has 7 heteroatoms. The van der Waals surface area contributed by atoms with E-state index in [0.29, 0.717) is 10.2 Å². The first-order valence-corrected chi connectivity index (χ1v) is 4.89. The first-order valence-electron chi connectivity index (χ1n) is 4.10. The molecule has 15 heavy (non-hydrogen) atoms. The first kappa shape index (κ1) is 12.1. The summed E-state index contributed by atoms with van der Waals surface area (Å²) in [6.45, 7) is -0.234. The SMILES string of the molecule is Nc1cc(Br)cnc1NCCC(F)(F)F. The summed E-state index contributed by atoms with van der Waals surface area (Å²) < 4.78 is 36.2. The molecule has 0 aliphatic carbocycles. The summed E-state index contributed by atoms with van der Waals surface area (Å²) in [4.78, 5) is 3.85. The van der Waals surface area contributed by atoms with Crippen molar-refractivity contribution in [2.75, 3.05) is 17.6 Å². The Bertz CT molecular complexity index is 340. The number of nitrogens with two attached hydrogens (primary N) is 1. The van der Waals surface area contributed by atoms with E-state index in [0.717, 1.165) is 0 Å². The molecule has 1 aromatic heterocycles. The van der Waals surface area contributed by atoms with Crippen molar-refractivity contribution in [2.45, 2.75) is 12.6 Å². The average Bonchev–Trinajstić information content (AvgIpc) is 2.07. The van der Waals surface area contributed by atoms with Crippen LogP contribution in [0.4, 0.5) is 24.7 Å². The van der Waals surface area contributed by atoms with Crippen LogP contribution in [0.3, 0.4) is 0 Å². The summed E-state index contributed by atoms with van der Waals surface area (Å²) in [6, 6.07) is 1.57. The molecule has 0 spiro atoms. The van der Waals surface area contributed by atoms with Gasteiger partial charge in [0.2, 0.25) is 0 Å². The second-order valence-corrected chi connectivity index (χ2v) is 3.80. The van der Waals surface area contributed by atoms with E-state index in [-0.39, 0.29) is 12.4 Å². The number of rotatable bonds is 3. The van der Waals surface area contributed by atoms with Gasteiger partial charge < -0.3 is 11.1 Å². The molecule has 3 nitrogen and oxygen atoms in total. The molecule has 0 aromatic carbocycles. The third-order valence-corrected chi connectivity index (χ3v) is 2.02. The summed E-state index contributed by atoms with van der Waals surface area (Å²) in [6.07, 6.45) is -3.62. The van der Waals surface area contributed by atoms with Crippen LogP contribution < -0.4 is 11.1 Å². The molecule has 84 valence electrons. The number of halogens is 4. The van der Waals surface area contributed by atoms with Gasteiger partial charge >= 0.3 is 6.18 Å². The molecule has 0 fully saturated rings. The Morgan fingerprint density at radius 1 is 1.47 bits per heavy atom. The zero-order valence-electron chi connectivity index (χ0n) is 7.61. The Balaban J connectivity index is 2.51. The van der Waals surface area contributed by atoms with Crippen LogP contribution in [0, 0.1) is 0 Å². The molecular formula is C8H9BrF3N3. The fourth-order valence-electron chi connectivity index (χ4n) is 0.925. The minimum absolute atomic E-state index is 0.234. The van der Waals surface area contributed by atoms with E-state index in [9.17, 15) is 13.2 Å². The summed E-state index contributed by atoms with van der Waals surface area (Å²) in [5.74, 6) is 0.266. The van der Waals surface area contributed by atoms with E-state index in [1.54, 1.807) is 6.07 Å². The number of hydrogen-bond acceptors (Lipinski definition) is 3. The van der Waals surface area contributed by atoms with Crippen molar-refractivity contribution in [2.24, 2.45) is 0 Å². The van der Waals surface area contributed by atoms with Crippen molar-refractivity contribution in [1.82, 2.24) is 4.98 Å². The molecule has 0 saturated heterocycles. The molecule has 0 atom stereocenters. The maximum Gasteiger partial charge on any atom is 0.390 e. The van der Waals surface area contributed by atoms with E-state index in [1.165, 1.54) is 6.20 Å². The Morgan fingerprint density at radius 3 is 2.67 bits per heavy atom. The predicted octanol–water partition coefficient (Wildman–Crippen LogP) is 2.79. The zero-order valence-corrected chi connectivity index (χ0v) is 9.19. The highest BCUT2D eigenvalue weighted by molar-refractivity contribution is 9.10. The lowest BCUT2D eigenvalue weighted by molar-refractivity contribution is -0.131. The van der Waals surface area contributed by atoms with E-state index >= 15 is 0 Å². The summed E-state index contributed by atoms with van der Waals surface area (Å²) in [5, 5.41) is 2.52. The number of pyridine rings is 1. The second-order valence-electron chi connectivity index (χ2n) is 2.88. The topological polar surface area (TPSA) is 50.9 Å². The van der Waals surface area contributed by atoms with E-state index < -0.39 is 12.6 Å². The van der Waals surface area contributed by atoms with E-state index in [4.69, 9.17) is 5.73 Å². The second kappa shape index (κ2) is 4.69. The summed E-state index contributed by atoms with van der Waals surface area (Å²) in [7, 11) is 0. The fourth-order valence-corrected chi connectivity index (χ4v) is 1.27. The first-order chi connectivity index (χ1) is 6.88. The molecule has 1 heterocycles. The van der Waals surface area contributed by atoms with Gasteiger partial charge in [0.15, 0.2) is 0 Å². The third-order valence-electron chi connectivity index (χ3n) is 1.58. The lowest BCUT2D eigenvalue weighted by atomic mass is 10.3. The number of hydrogen-bond donors (Lipinski definition) is 2. The van der Waals surface area contributed by atoms with Crippen molar-refractivity contribution < 1.29 is 13.2 Å². The van der Waals surface area contributed by atoms with Crippen molar-refractivity contribution in [1.29, 1.82) is 0 Å². The van der Waals surface area contributed by atoms with Crippen LogP contribution >= 0.6 is 15.9 Å². The highest BCUT2D eigenvalue weighted by Gasteiger charge is 2.26. The number of anilines is 2. The summed E-state index contributed by atoms with van der Waals surface area (Å²) in [5.41, 5.74) is 5.85. The maximum absolute atomic E-state index is 11.8. The fraction of sp³-hybridized carbons (Fsp3) is 0.375. The van der Waals surface area contributed by atoms with Gasteiger partial charge in [0.05, 0.1) is 12.1 Å². The highest BCUT2D eigenvalue weighted by atomic mass is 79.9. The smallest absolute Gasteiger partial charge is 0.390 e. The standard InChI is InChI=1S/C8H9BrF3N3/c9-5-3-6(13)7(15-4-5)14-2-1-8(10,11)12/h3-4H,1-2,13H2,(H,14,15). The van der Waals surface area contributed by atoms with Gasteiger partial charge in [0.1, 0.15) is 5.82 Å². The molecular weight excluding hydrogens is 275 g/mol. The van der Waals surface area contributed by atoms with E-state index in [1.807, 2.05) is 0 Å². The normalized spacial score (nSPS) is 11.5. The number of nitrogens with one attached hydrogen (secondary N) is 1. The van der Waals surface area contributed by atoms with Gasteiger partial charge in [-0.2, -0.15) is 13.2 Å². The minimum atomic E-state index is -4.17. The van der Waals surface area contributed by atoms with Crippen molar-refractivity contribution in [3.05, 3.63) is 16.7 Å². The van der Waals surface area contributed by atoms with E-state index in [2.05, 4.69) is 26.2 Å².